The SMILES string of the molecule is O=C(CN1CCCC1c1ccccc1)Nc1ccnn1Cc1cccc(Cl)c1. The van der Waals surface area contributed by atoms with Gasteiger partial charge in [-0.1, -0.05) is 54.1 Å². The van der Waals surface area contributed by atoms with Crippen LogP contribution in [0.15, 0.2) is 66.9 Å². The molecule has 1 saturated heterocycles. The van der Waals surface area contributed by atoms with Crippen LogP contribution in [0.1, 0.15) is 30.0 Å². The zero-order valence-corrected chi connectivity index (χ0v) is 16.3. The van der Waals surface area contributed by atoms with Crippen molar-refractivity contribution >= 4 is 23.3 Å². The predicted molar refractivity (Wildman–Crippen MR) is 111 cm³/mol. The maximum absolute atomic E-state index is 12.7. The molecule has 6 heteroatoms. The van der Waals surface area contributed by atoms with Gasteiger partial charge < -0.3 is 5.32 Å². The quantitative estimate of drug-likeness (QED) is 0.675. The second-order valence-electron chi connectivity index (χ2n) is 7.09. The van der Waals surface area contributed by atoms with Gasteiger partial charge in [0.05, 0.1) is 19.3 Å². The van der Waals surface area contributed by atoms with Crippen LogP contribution < -0.4 is 5.32 Å². The maximum Gasteiger partial charge on any atom is 0.239 e. The van der Waals surface area contributed by atoms with Crippen molar-refractivity contribution in [2.45, 2.75) is 25.4 Å². The average Bonchev–Trinajstić information content (AvgIpc) is 3.32. The lowest BCUT2D eigenvalue weighted by Crippen LogP contribution is -2.33. The van der Waals surface area contributed by atoms with E-state index in [9.17, 15) is 4.79 Å². The standard InChI is InChI=1S/C22H23ClN4O/c23-19-9-4-6-17(14-19)15-27-21(11-12-24-27)25-22(28)16-26-13-5-10-20(26)18-7-2-1-3-8-18/h1-4,6-9,11-12,14,20H,5,10,13,15-16H2,(H,25,28). The largest absolute Gasteiger partial charge is 0.310 e. The minimum absolute atomic E-state index is 0.0179. The van der Waals surface area contributed by atoms with Gasteiger partial charge in [-0.3, -0.25) is 9.69 Å². The van der Waals surface area contributed by atoms with Crippen molar-refractivity contribution in [2.75, 3.05) is 18.4 Å². The Morgan fingerprint density at radius 2 is 2.00 bits per heavy atom. The van der Waals surface area contributed by atoms with Gasteiger partial charge in [0.15, 0.2) is 0 Å². The van der Waals surface area contributed by atoms with Gasteiger partial charge in [-0.05, 0) is 42.6 Å². The van der Waals surface area contributed by atoms with E-state index in [2.05, 4.69) is 39.6 Å². The summed E-state index contributed by atoms with van der Waals surface area (Å²) < 4.78 is 1.78. The van der Waals surface area contributed by atoms with Gasteiger partial charge in [-0.15, -0.1) is 0 Å². The van der Waals surface area contributed by atoms with E-state index in [4.69, 9.17) is 11.6 Å². The van der Waals surface area contributed by atoms with Crippen molar-refractivity contribution in [3.05, 3.63) is 83.0 Å². The van der Waals surface area contributed by atoms with E-state index in [-0.39, 0.29) is 5.91 Å². The molecule has 0 bridgehead atoms. The van der Waals surface area contributed by atoms with E-state index >= 15 is 0 Å². The molecular formula is C22H23ClN4O. The first-order chi connectivity index (χ1) is 13.7. The van der Waals surface area contributed by atoms with Gasteiger partial charge in [-0.2, -0.15) is 5.10 Å². The summed E-state index contributed by atoms with van der Waals surface area (Å²) in [5, 5.41) is 8.04. The summed E-state index contributed by atoms with van der Waals surface area (Å²) >= 11 is 6.06. The molecule has 0 saturated carbocycles. The number of halogens is 1. The number of rotatable bonds is 6. The van der Waals surface area contributed by atoms with Crippen molar-refractivity contribution in [3.63, 3.8) is 0 Å². The van der Waals surface area contributed by atoms with E-state index in [1.807, 2.05) is 36.4 Å². The van der Waals surface area contributed by atoms with Crippen LogP contribution in [-0.2, 0) is 11.3 Å². The van der Waals surface area contributed by atoms with Crippen molar-refractivity contribution < 1.29 is 4.79 Å². The molecule has 1 aromatic heterocycles. The Morgan fingerprint density at radius 1 is 1.14 bits per heavy atom. The van der Waals surface area contributed by atoms with Crippen molar-refractivity contribution in [1.82, 2.24) is 14.7 Å². The van der Waals surface area contributed by atoms with Crippen LogP contribution in [0.2, 0.25) is 5.02 Å². The number of likely N-dealkylation sites (tertiary alicyclic amines) is 1. The van der Waals surface area contributed by atoms with Crippen LogP contribution in [0.5, 0.6) is 0 Å². The Hall–Kier alpha value is -2.63. The molecule has 1 aliphatic rings. The van der Waals surface area contributed by atoms with Gasteiger partial charge in [0, 0.05) is 17.1 Å². The Kier molecular flexibility index (Phi) is 5.74. The summed E-state index contributed by atoms with van der Waals surface area (Å²) in [7, 11) is 0. The number of hydrogen-bond donors (Lipinski definition) is 1. The lowest BCUT2D eigenvalue weighted by molar-refractivity contribution is -0.117. The number of aromatic nitrogens is 2. The molecule has 0 aliphatic carbocycles. The van der Waals surface area contributed by atoms with Crippen molar-refractivity contribution in [3.8, 4) is 0 Å². The Morgan fingerprint density at radius 3 is 2.82 bits per heavy atom. The Labute approximate surface area is 169 Å². The monoisotopic (exact) mass is 394 g/mol. The zero-order chi connectivity index (χ0) is 19.3. The first-order valence-electron chi connectivity index (χ1n) is 9.54. The highest BCUT2D eigenvalue weighted by molar-refractivity contribution is 6.30. The number of nitrogens with one attached hydrogen (secondary N) is 1. The van der Waals surface area contributed by atoms with Gasteiger partial charge >= 0.3 is 0 Å². The number of anilines is 1. The molecule has 1 N–H and O–H groups in total. The molecule has 144 valence electrons. The lowest BCUT2D eigenvalue weighted by Gasteiger charge is -2.24. The summed E-state index contributed by atoms with van der Waals surface area (Å²) in [6.07, 6.45) is 3.90. The molecule has 28 heavy (non-hydrogen) atoms. The molecule has 1 aliphatic heterocycles. The van der Waals surface area contributed by atoms with Crippen molar-refractivity contribution in [2.24, 2.45) is 0 Å². The second-order valence-corrected chi connectivity index (χ2v) is 7.53. The van der Waals surface area contributed by atoms with Crippen LogP contribution in [0, 0.1) is 0 Å². The molecule has 1 atom stereocenters. The highest BCUT2D eigenvalue weighted by atomic mass is 35.5. The molecule has 1 unspecified atom stereocenters. The number of nitrogens with zero attached hydrogens (tertiary/aromatic N) is 3. The Balaban J connectivity index is 1.40. The zero-order valence-electron chi connectivity index (χ0n) is 15.6. The van der Waals surface area contributed by atoms with E-state index in [1.165, 1.54) is 5.56 Å². The predicted octanol–water partition coefficient (Wildman–Crippen LogP) is 4.36. The molecule has 1 amide bonds. The molecule has 3 aromatic rings. The van der Waals surface area contributed by atoms with Crippen LogP contribution in [0.4, 0.5) is 5.82 Å². The fourth-order valence-electron chi connectivity index (χ4n) is 3.81. The highest BCUT2D eigenvalue weighted by Crippen LogP contribution is 2.31. The number of benzene rings is 2. The third-order valence-corrected chi connectivity index (χ3v) is 5.34. The minimum Gasteiger partial charge on any atom is -0.310 e. The van der Waals surface area contributed by atoms with Gasteiger partial charge in [0.2, 0.25) is 5.91 Å². The molecular weight excluding hydrogens is 372 g/mol. The summed E-state index contributed by atoms with van der Waals surface area (Å²) in [6, 6.07) is 20.2. The molecule has 0 radical (unpaired) electrons. The molecule has 2 aromatic carbocycles. The van der Waals surface area contributed by atoms with Crippen LogP contribution in [0.25, 0.3) is 0 Å². The number of carbonyl (C=O) groups is 1. The van der Waals surface area contributed by atoms with E-state index in [0.717, 1.165) is 24.9 Å². The number of hydrogen-bond acceptors (Lipinski definition) is 3. The second kappa shape index (κ2) is 8.59. The van der Waals surface area contributed by atoms with Crippen LogP contribution in [-0.4, -0.2) is 33.7 Å². The normalized spacial score (nSPS) is 17.0. The average molecular weight is 395 g/mol. The summed E-state index contributed by atoms with van der Waals surface area (Å²) in [5.74, 6) is 0.677. The van der Waals surface area contributed by atoms with Crippen LogP contribution in [0.3, 0.4) is 0 Å². The fraction of sp³-hybridized carbons (Fsp3) is 0.273. The lowest BCUT2D eigenvalue weighted by atomic mass is 10.0. The first-order valence-corrected chi connectivity index (χ1v) is 9.92. The first kappa shape index (κ1) is 18.7. The number of carbonyl (C=O) groups excluding carboxylic acids is 1. The van der Waals surface area contributed by atoms with Crippen molar-refractivity contribution in [1.29, 1.82) is 0 Å². The van der Waals surface area contributed by atoms with Gasteiger partial charge in [-0.25, -0.2) is 4.68 Å². The molecule has 4 rings (SSSR count). The molecule has 5 nitrogen and oxygen atoms in total. The minimum atomic E-state index is -0.0179. The van der Waals surface area contributed by atoms with Crippen LogP contribution >= 0.6 is 11.6 Å². The Bertz CT molecular complexity index is 940. The molecule has 0 spiro atoms. The topological polar surface area (TPSA) is 50.2 Å². The molecule has 2 heterocycles. The smallest absolute Gasteiger partial charge is 0.239 e. The third kappa shape index (κ3) is 4.43. The highest BCUT2D eigenvalue weighted by Gasteiger charge is 2.27. The summed E-state index contributed by atoms with van der Waals surface area (Å²) in [6.45, 7) is 1.87. The third-order valence-electron chi connectivity index (χ3n) is 5.10. The van der Waals surface area contributed by atoms with E-state index < -0.39 is 0 Å². The van der Waals surface area contributed by atoms with E-state index in [0.29, 0.717) is 30.0 Å². The fourth-order valence-corrected chi connectivity index (χ4v) is 4.02. The maximum atomic E-state index is 12.7. The number of amides is 1. The van der Waals surface area contributed by atoms with Gasteiger partial charge in [0.25, 0.3) is 0 Å². The molecule has 1 fully saturated rings. The summed E-state index contributed by atoms with van der Waals surface area (Å²) in [5.41, 5.74) is 2.31. The van der Waals surface area contributed by atoms with E-state index in [1.54, 1.807) is 10.9 Å². The summed E-state index contributed by atoms with van der Waals surface area (Å²) in [4.78, 5) is 14.9. The van der Waals surface area contributed by atoms with Gasteiger partial charge in [0.1, 0.15) is 5.82 Å².